The molecule has 0 aromatic carbocycles. The van der Waals surface area contributed by atoms with E-state index in [1.807, 2.05) is 18.6 Å². The van der Waals surface area contributed by atoms with Crippen molar-refractivity contribution in [3.05, 3.63) is 42.2 Å². The van der Waals surface area contributed by atoms with Gasteiger partial charge in [-0.25, -0.2) is 15.0 Å². The number of pyridine rings is 1. The first-order chi connectivity index (χ1) is 12.6. The number of hydrogen-bond acceptors (Lipinski definition) is 6. The second kappa shape index (κ2) is 6.99. The maximum absolute atomic E-state index is 9.88. The number of aliphatic hydroxyl groups excluding tert-OH is 1. The van der Waals surface area contributed by atoms with Crippen LogP contribution >= 0.6 is 0 Å². The Balaban J connectivity index is 1.58. The van der Waals surface area contributed by atoms with E-state index in [4.69, 9.17) is 4.98 Å². The number of fused-ring (bicyclic) bond motifs is 1. The molecule has 3 aromatic rings. The van der Waals surface area contributed by atoms with Crippen molar-refractivity contribution in [1.29, 1.82) is 0 Å². The lowest BCUT2D eigenvalue weighted by molar-refractivity contribution is 0.153. The van der Waals surface area contributed by atoms with Gasteiger partial charge in [0, 0.05) is 37.4 Å². The van der Waals surface area contributed by atoms with Crippen molar-refractivity contribution in [1.82, 2.24) is 24.5 Å². The molecule has 7 heteroatoms. The topological polar surface area (TPSA) is 80.0 Å². The SMILES string of the molecule is CC(C)n1cnc2cnc(Cc3ccnc(N4CCCC(O)C4)n3)cc21. The quantitative estimate of drug-likeness (QED) is 0.776. The van der Waals surface area contributed by atoms with Crippen LogP contribution in [-0.2, 0) is 6.42 Å². The zero-order chi connectivity index (χ0) is 18.1. The van der Waals surface area contributed by atoms with Gasteiger partial charge >= 0.3 is 0 Å². The lowest BCUT2D eigenvalue weighted by Crippen LogP contribution is -2.39. The molecular weight excluding hydrogens is 328 g/mol. The molecule has 3 aromatic heterocycles. The minimum atomic E-state index is -0.295. The van der Waals surface area contributed by atoms with Gasteiger partial charge in [-0.2, -0.15) is 0 Å². The van der Waals surface area contributed by atoms with E-state index in [-0.39, 0.29) is 6.10 Å². The van der Waals surface area contributed by atoms with Crippen LogP contribution in [0.15, 0.2) is 30.9 Å². The Bertz CT molecular complexity index is 906. The standard InChI is InChI=1S/C19H24N6O/c1-13(2)25-12-22-17-10-21-15(9-18(17)25)8-14-5-6-20-19(23-14)24-7-3-4-16(26)11-24/h5-6,9-10,12-13,16,26H,3-4,7-8,11H2,1-2H3. The molecule has 4 rings (SSSR count). The van der Waals surface area contributed by atoms with Gasteiger partial charge in [0.25, 0.3) is 0 Å². The molecule has 136 valence electrons. The lowest BCUT2D eigenvalue weighted by Gasteiger charge is -2.30. The van der Waals surface area contributed by atoms with Gasteiger partial charge in [0.05, 0.1) is 29.8 Å². The molecule has 1 saturated heterocycles. The van der Waals surface area contributed by atoms with E-state index in [1.165, 1.54) is 0 Å². The van der Waals surface area contributed by atoms with E-state index in [1.54, 1.807) is 6.20 Å². The molecule has 7 nitrogen and oxygen atoms in total. The Morgan fingerprint density at radius 2 is 2.12 bits per heavy atom. The van der Waals surface area contributed by atoms with Crippen LogP contribution in [0.5, 0.6) is 0 Å². The Hall–Kier alpha value is -2.54. The molecule has 0 amide bonds. The molecule has 4 heterocycles. The second-order valence-electron chi connectivity index (χ2n) is 7.18. The largest absolute Gasteiger partial charge is 0.391 e. The fourth-order valence-corrected chi connectivity index (χ4v) is 3.44. The smallest absolute Gasteiger partial charge is 0.225 e. The summed E-state index contributed by atoms with van der Waals surface area (Å²) in [6.07, 6.45) is 7.64. The van der Waals surface area contributed by atoms with E-state index >= 15 is 0 Å². The van der Waals surface area contributed by atoms with Gasteiger partial charge < -0.3 is 14.6 Å². The molecule has 1 aliphatic rings. The van der Waals surface area contributed by atoms with Crippen molar-refractivity contribution in [2.24, 2.45) is 0 Å². The van der Waals surface area contributed by atoms with Crippen molar-refractivity contribution >= 4 is 17.0 Å². The third-order valence-corrected chi connectivity index (χ3v) is 4.82. The molecule has 0 spiro atoms. The van der Waals surface area contributed by atoms with Gasteiger partial charge in [0.15, 0.2) is 0 Å². The van der Waals surface area contributed by atoms with Crippen LogP contribution in [0.4, 0.5) is 5.95 Å². The summed E-state index contributed by atoms with van der Waals surface area (Å²) in [5.41, 5.74) is 3.90. The number of anilines is 1. The molecule has 1 fully saturated rings. The van der Waals surface area contributed by atoms with Gasteiger partial charge in [0.2, 0.25) is 5.95 Å². The summed E-state index contributed by atoms with van der Waals surface area (Å²) in [6.45, 7) is 5.77. The van der Waals surface area contributed by atoms with Crippen molar-refractivity contribution in [2.75, 3.05) is 18.0 Å². The first kappa shape index (κ1) is 16.9. The molecular formula is C19H24N6O. The number of nitrogens with zero attached hydrogens (tertiary/aromatic N) is 6. The average Bonchev–Trinajstić information content (AvgIpc) is 3.05. The van der Waals surface area contributed by atoms with Crippen LogP contribution in [0.25, 0.3) is 11.0 Å². The third-order valence-electron chi connectivity index (χ3n) is 4.82. The second-order valence-corrected chi connectivity index (χ2v) is 7.18. The van der Waals surface area contributed by atoms with E-state index in [9.17, 15) is 5.11 Å². The summed E-state index contributed by atoms with van der Waals surface area (Å²) < 4.78 is 2.15. The van der Waals surface area contributed by atoms with Crippen molar-refractivity contribution in [3.8, 4) is 0 Å². The summed E-state index contributed by atoms with van der Waals surface area (Å²) in [5, 5.41) is 9.88. The molecule has 1 unspecified atom stereocenters. The number of aromatic nitrogens is 5. The maximum Gasteiger partial charge on any atom is 0.225 e. The molecule has 26 heavy (non-hydrogen) atoms. The molecule has 0 aliphatic carbocycles. The highest BCUT2D eigenvalue weighted by molar-refractivity contribution is 5.74. The fourth-order valence-electron chi connectivity index (χ4n) is 3.44. The average molecular weight is 352 g/mol. The van der Waals surface area contributed by atoms with Crippen molar-refractivity contribution in [3.63, 3.8) is 0 Å². The van der Waals surface area contributed by atoms with Crippen molar-refractivity contribution in [2.45, 2.75) is 45.3 Å². The van der Waals surface area contributed by atoms with Crippen LogP contribution < -0.4 is 4.90 Å². The molecule has 0 saturated carbocycles. The highest BCUT2D eigenvalue weighted by Crippen LogP contribution is 2.20. The van der Waals surface area contributed by atoms with Gasteiger partial charge in [-0.1, -0.05) is 0 Å². The van der Waals surface area contributed by atoms with Crippen LogP contribution in [-0.4, -0.2) is 48.8 Å². The number of piperidine rings is 1. The monoisotopic (exact) mass is 352 g/mol. The van der Waals surface area contributed by atoms with Gasteiger partial charge in [0.1, 0.15) is 5.52 Å². The van der Waals surface area contributed by atoms with E-state index < -0.39 is 0 Å². The molecule has 1 N–H and O–H groups in total. The first-order valence-electron chi connectivity index (χ1n) is 9.16. The highest BCUT2D eigenvalue weighted by atomic mass is 16.3. The van der Waals surface area contributed by atoms with Crippen molar-refractivity contribution < 1.29 is 5.11 Å². The predicted octanol–water partition coefficient (Wildman–Crippen LogP) is 2.35. The molecule has 1 aliphatic heterocycles. The van der Waals surface area contributed by atoms with Crippen LogP contribution in [0.2, 0.25) is 0 Å². The van der Waals surface area contributed by atoms with E-state index in [2.05, 4.69) is 44.3 Å². The Kier molecular flexibility index (Phi) is 4.55. The zero-order valence-corrected chi connectivity index (χ0v) is 15.2. The van der Waals surface area contributed by atoms with Crippen LogP contribution in [0.3, 0.4) is 0 Å². The number of β-amino-alcohol motifs (C(OH)–C–C–N with tert-alkyl or cyclic N) is 1. The minimum Gasteiger partial charge on any atom is -0.391 e. The molecule has 1 atom stereocenters. The zero-order valence-electron chi connectivity index (χ0n) is 15.2. The number of imidazole rings is 1. The number of aliphatic hydroxyl groups is 1. The Morgan fingerprint density at radius 3 is 2.92 bits per heavy atom. The van der Waals surface area contributed by atoms with Crippen LogP contribution in [0.1, 0.15) is 44.1 Å². The summed E-state index contributed by atoms with van der Waals surface area (Å²) >= 11 is 0. The predicted molar refractivity (Wildman–Crippen MR) is 100 cm³/mol. The normalized spacial score (nSPS) is 18.0. The molecule has 0 bridgehead atoms. The fraction of sp³-hybridized carbons (Fsp3) is 0.474. The van der Waals surface area contributed by atoms with E-state index in [0.29, 0.717) is 25.0 Å². The van der Waals surface area contributed by atoms with E-state index in [0.717, 1.165) is 41.8 Å². The summed E-state index contributed by atoms with van der Waals surface area (Å²) in [7, 11) is 0. The summed E-state index contributed by atoms with van der Waals surface area (Å²) in [5.74, 6) is 0.689. The Labute approximate surface area is 152 Å². The molecule has 0 radical (unpaired) electrons. The minimum absolute atomic E-state index is 0.295. The number of hydrogen-bond donors (Lipinski definition) is 1. The highest BCUT2D eigenvalue weighted by Gasteiger charge is 2.20. The first-order valence-corrected chi connectivity index (χ1v) is 9.16. The summed E-state index contributed by atoms with van der Waals surface area (Å²) in [4.78, 5) is 20.1. The Morgan fingerprint density at radius 1 is 1.23 bits per heavy atom. The third kappa shape index (κ3) is 3.39. The maximum atomic E-state index is 9.88. The van der Waals surface area contributed by atoms with Gasteiger partial charge in [-0.05, 0) is 38.8 Å². The number of rotatable bonds is 4. The van der Waals surface area contributed by atoms with Gasteiger partial charge in [-0.15, -0.1) is 0 Å². The lowest BCUT2D eigenvalue weighted by atomic mass is 10.1. The van der Waals surface area contributed by atoms with Gasteiger partial charge in [-0.3, -0.25) is 4.98 Å². The summed E-state index contributed by atoms with van der Waals surface area (Å²) in [6, 6.07) is 4.37. The van der Waals surface area contributed by atoms with Crippen LogP contribution in [0, 0.1) is 0 Å².